The summed E-state index contributed by atoms with van der Waals surface area (Å²) in [7, 11) is -1.94. The fourth-order valence-corrected chi connectivity index (χ4v) is 8.56. The lowest BCUT2D eigenvalue weighted by atomic mass is 9.94. The topological polar surface area (TPSA) is 72.9 Å². The number of hydrogen-bond donors (Lipinski definition) is 1. The summed E-state index contributed by atoms with van der Waals surface area (Å²) < 4.78 is 43.1. The molecular formula is C32H38ClF2N3O4SSi. The van der Waals surface area contributed by atoms with E-state index in [1.54, 1.807) is 6.07 Å². The van der Waals surface area contributed by atoms with E-state index in [0.29, 0.717) is 28.6 Å². The molecule has 1 amide bonds. The number of benzene rings is 2. The predicted molar refractivity (Wildman–Crippen MR) is 171 cm³/mol. The molecule has 7 nitrogen and oxygen atoms in total. The number of aromatic nitrogens is 1. The minimum Gasteiger partial charge on any atom is -0.413 e. The smallest absolute Gasteiger partial charge is 0.413 e. The second-order valence-electron chi connectivity index (χ2n) is 13.5. The number of ether oxygens (including phenoxy) is 2. The fourth-order valence-electron chi connectivity index (χ4n) is 5.83. The van der Waals surface area contributed by atoms with Gasteiger partial charge in [-0.2, -0.15) is 0 Å². The first kappa shape index (κ1) is 31.4. The van der Waals surface area contributed by atoms with Gasteiger partial charge in [-0.05, 0) is 73.6 Å². The van der Waals surface area contributed by atoms with Crippen molar-refractivity contribution < 1.29 is 27.5 Å². The lowest BCUT2D eigenvalue weighted by Crippen LogP contribution is -2.44. The molecule has 2 fully saturated rings. The maximum Gasteiger partial charge on any atom is 0.586 e. The first-order valence-corrected chi connectivity index (χ1v) is 19.0. The van der Waals surface area contributed by atoms with E-state index in [0.717, 1.165) is 35.6 Å². The summed E-state index contributed by atoms with van der Waals surface area (Å²) in [5.74, 6) is -0.329. The van der Waals surface area contributed by atoms with Crippen LogP contribution in [0.25, 0.3) is 0 Å². The zero-order chi connectivity index (χ0) is 31.7. The van der Waals surface area contributed by atoms with Crippen molar-refractivity contribution in [3.8, 4) is 11.5 Å². The summed E-state index contributed by atoms with van der Waals surface area (Å²) >= 11 is 8.23. The van der Waals surface area contributed by atoms with Gasteiger partial charge >= 0.3 is 6.29 Å². The van der Waals surface area contributed by atoms with Gasteiger partial charge in [0.25, 0.3) is 0 Å². The van der Waals surface area contributed by atoms with Gasteiger partial charge in [-0.15, -0.1) is 8.78 Å². The van der Waals surface area contributed by atoms with E-state index in [4.69, 9.17) is 21.0 Å². The van der Waals surface area contributed by atoms with Crippen LogP contribution >= 0.6 is 22.9 Å². The molecule has 3 heterocycles. The number of carbonyl (C=O) groups excluding carboxylic acids is 1. The van der Waals surface area contributed by atoms with Crippen molar-refractivity contribution in [3.05, 3.63) is 69.2 Å². The van der Waals surface area contributed by atoms with Gasteiger partial charge in [0, 0.05) is 18.1 Å². The van der Waals surface area contributed by atoms with Crippen LogP contribution in [0, 0.1) is 6.92 Å². The Morgan fingerprint density at radius 3 is 2.57 bits per heavy atom. The Morgan fingerprint density at radius 1 is 1.18 bits per heavy atom. The zero-order valence-electron chi connectivity index (χ0n) is 25.8. The van der Waals surface area contributed by atoms with Crippen LogP contribution in [-0.4, -0.2) is 49.6 Å². The molecule has 1 N–H and O–H groups in total. The van der Waals surface area contributed by atoms with Gasteiger partial charge in [-0.3, -0.25) is 9.69 Å². The van der Waals surface area contributed by atoms with Crippen molar-refractivity contribution in [2.45, 2.75) is 88.9 Å². The molecule has 1 aliphatic carbocycles. The maximum absolute atomic E-state index is 13.6. The average Bonchev–Trinajstić information content (AvgIpc) is 3.34. The molecule has 0 bridgehead atoms. The quantitative estimate of drug-likeness (QED) is 0.245. The summed E-state index contributed by atoms with van der Waals surface area (Å²) in [6, 6.07) is 12.3. The van der Waals surface area contributed by atoms with Crippen molar-refractivity contribution in [1.29, 1.82) is 0 Å². The molecule has 3 aliphatic rings. The number of fused-ring (bicyclic) bond motifs is 1. The van der Waals surface area contributed by atoms with Crippen LogP contribution < -0.4 is 14.8 Å². The fraction of sp³-hybridized carbons (Fsp3) is 0.500. The zero-order valence-corrected chi connectivity index (χ0v) is 28.4. The number of nitrogens with one attached hydrogen (secondary N) is 1. The molecule has 2 aromatic carbocycles. The molecule has 3 aromatic rings. The van der Waals surface area contributed by atoms with Crippen molar-refractivity contribution >= 4 is 42.3 Å². The van der Waals surface area contributed by atoms with Gasteiger partial charge in [-0.1, -0.05) is 68.0 Å². The lowest BCUT2D eigenvalue weighted by Gasteiger charge is -2.38. The second kappa shape index (κ2) is 11.0. The first-order chi connectivity index (χ1) is 20.6. The lowest BCUT2D eigenvalue weighted by molar-refractivity contribution is -0.286. The highest BCUT2D eigenvalue weighted by Crippen LogP contribution is 2.53. The Balaban J connectivity index is 1.24. The number of likely N-dealkylation sites (tertiary alicyclic amines) is 1. The molecule has 2 atom stereocenters. The van der Waals surface area contributed by atoms with Crippen LogP contribution in [0.5, 0.6) is 11.5 Å². The van der Waals surface area contributed by atoms with E-state index in [1.165, 1.54) is 23.5 Å². The van der Waals surface area contributed by atoms with Gasteiger partial charge < -0.3 is 19.2 Å². The second-order valence-corrected chi connectivity index (χ2v) is 19.7. The SMILES string of the molecule is Cc1nc(NC(=O)C2(c3ccc4c(c3)OC(F)(F)O4)CC2)sc1[C@@H](c1ccccc1Cl)N1CCC(O[Si](C)(C)C(C)(C)C)C1. The molecule has 12 heteroatoms. The molecule has 0 spiro atoms. The number of halogens is 3. The standard InChI is InChI=1S/C32H38ClF2N3O4SSi/c1-19-27(26(22-9-7-8-10-23(22)33)38-16-13-21(18-38)42-44(5,6)30(2,3)4)43-29(36-19)37-28(39)31(14-15-31)20-11-12-24-25(17-20)41-32(34,35)40-24/h7-12,17,21,26H,13-16,18H2,1-6H3,(H,36,37,39)/t21?,26-/m1/s1. The molecule has 1 saturated carbocycles. The molecular weight excluding hydrogens is 624 g/mol. The van der Waals surface area contributed by atoms with E-state index in [-0.39, 0.29) is 34.6 Å². The number of alkyl halides is 2. The Morgan fingerprint density at radius 2 is 1.89 bits per heavy atom. The minimum absolute atomic E-state index is 0.0420. The van der Waals surface area contributed by atoms with Gasteiger partial charge in [0.15, 0.2) is 24.9 Å². The Hall–Kier alpha value is -2.57. The summed E-state index contributed by atoms with van der Waals surface area (Å²) in [5, 5.41) is 4.32. The molecule has 236 valence electrons. The van der Waals surface area contributed by atoms with Crippen molar-refractivity contribution in [3.63, 3.8) is 0 Å². The third-order valence-corrected chi connectivity index (χ3v) is 15.5. The van der Waals surface area contributed by atoms with Crippen LogP contribution in [0.4, 0.5) is 13.9 Å². The van der Waals surface area contributed by atoms with Crippen LogP contribution in [0.1, 0.15) is 67.8 Å². The van der Waals surface area contributed by atoms with E-state index in [2.05, 4.69) is 59.6 Å². The summed E-state index contributed by atoms with van der Waals surface area (Å²) in [5.41, 5.74) is 1.59. The van der Waals surface area contributed by atoms with Gasteiger partial charge in [0.05, 0.1) is 28.1 Å². The van der Waals surface area contributed by atoms with E-state index in [1.807, 2.05) is 25.1 Å². The molecule has 0 radical (unpaired) electrons. The van der Waals surface area contributed by atoms with Crippen LogP contribution in [-0.2, 0) is 14.6 Å². The number of amides is 1. The van der Waals surface area contributed by atoms with Gasteiger partial charge in [0.1, 0.15) is 0 Å². The largest absolute Gasteiger partial charge is 0.586 e. The molecule has 1 unspecified atom stereocenters. The van der Waals surface area contributed by atoms with Crippen LogP contribution in [0.2, 0.25) is 23.2 Å². The van der Waals surface area contributed by atoms with Crippen molar-refractivity contribution in [2.75, 3.05) is 18.4 Å². The van der Waals surface area contributed by atoms with E-state index >= 15 is 0 Å². The molecule has 2 aliphatic heterocycles. The van der Waals surface area contributed by atoms with E-state index < -0.39 is 20.0 Å². The number of aryl methyl sites for hydroxylation is 1. The normalized spacial score (nSPS) is 21.3. The number of hydrogen-bond acceptors (Lipinski definition) is 7. The number of rotatable bonds is 8. The molecule has 1 aromatic heterocycles. The van der Waals surface area contributed by atoms with Crippen molar-refractivity contribution in [1.82, 2.24) is 9.88 Å². The number of anilines is 1. The predicted octanol–water partition coefficient (Wildman–Crippen LogP) is 8.28. The highest BCUT2D eigenvalue weighted by molar-refractivity contribution is 7.16. The van der Waals surface area contributed by atoms with Gasteiger partial charge in [-0.25, -0.2) is 4.98 Å². The third kappa shape index (κ3) is 5.89. The number of carbonyl (C=O) groups is 1. The minimum atomic E-state index is -3.71. The molecule has 1 saturated heterocycles. The highest BCUT2D eigenvalue weighted by Gasteiger charge is 2.53. The highest BCUT2D eigenvalue weighted by atomic mass is 35.5. The first-order valence-electron chi connectivity index (χ1n) is 14.9. The van der Waals surface area contributed by atoms with Gasteiger partial charge in [0.2, 0.25) is 5.91 Å². The Bertz CT molecular complexity index is 1590. The number of thiazole rings is 1. The molecule has 6 rings (SSSR count). The maximum atomic E-state index is 13.6. The Labute approximate surface area is 267 Å². The Kier molecular flexibility index (Phi) is 7.89. The third-order valence-electron chi connectivity index (χ3n) is 9.45. The van der Waals surface area contributed by atoms with E-state index in [9.17, 15) is 13.6 Å². The van der Waals surface area contributed by atoms with Crippen molar-refractivity contribution in [2.24, 2.45) is 0 Å². The van der Waals surface area contributed by atoms with Crippen LogP contribution in [0.3, 0.4) is 0 Å². The van der Waals surface area contributed by atoms with Crippen LogP contribution in [0.15, 0.2) is 42.5 Å². The average molecular weight is 662 g/mol. The summed E-state index contributed by atoms with van der Waals surface area (Å²) in [4.78, 5) is 21.8. The summed E-state index contributed by atoms with van der Waals surface area (Å²) in [6.07, 6.45) is -1.46. The number of nitrogens with zero attached hydrogens (tertiary/aromatic N) is 2. The summed E-state index contributed by atoms with van der Waals surface area (Å²) in [6.45, 7) is 14.9. The monoisotopic (exact) mass is 661 g/mol. The molecule has 44 heavy (non-hydrogen) atoms.